The van der Waals surface area contributed by atoms with Gasteiger partial charge in [0.2, 0.25) is 0 Å². The molecule has 6 nitrogen and oxygen atoms in total. The molecule has 9 heteroatoms. The first-order valence-corrected chi connectivity index (χ1v) is 9.90. The van der Waals surface area contributed by atoms with E-state index in [4.69, 9.17) is 14.0 Å². The number of methoxy groups -OCH3 is 1. The van der Waals surface area contributed by atoms with Crippen LogP contribution in [0.4, 0.5) is 8.78 Å². The third-order valence-electron chi connectivity index (χ3n) is 3.89. The molecule has 0 radical (unpaired) electrons. The Labute approximate surface area is 163 Å². The Bertz CT molecular complexity index is 890. The minimum absolute atomic E-state index is 0.133. The second-order valence-electron chi connectivity index (χ2n) is 6.54. The fraction of sp³-hybridized carbons (Fsp3) is 0.421. The van der Waals surface area contributed by atoms with Crippen molar-refractivity contribution in [3.05, 3.63) is 41.5 Å². The molecule has 2 aromatic rings. The average Bonchev–Trinajstić information content (AvgIpc) is 2.61. The highest BCUT2D eigenvalue weighted by molar-refractivity contribution is 7.40. The standard InChI is InChI=1S/C19H23F2NO5P/c1-10(2)26-18(23)12(4)22-19(25-5)28(24)27-14-8-11(3)16-13(9-14)6-7-15(20)17(16)21/h6-10,12,19,22H,1-5H3/q+1/t12-,19?/m0/s1. The number of hydrogen-bond donors (Lipinski definition) is 1. The van der Waals surface area contributed by atoms with Crippen LogP contribution in [0, 0.1) is 18.6 Å². The summed E-state index contributed by atoms with van der Waals surface area (Å²) in [6, 6.07) is 4.58. The van der Waals surface area contributed by atoms with E-state index in [1.54, 1.807) is 27.7 Å². The lowest BCUT2D eigenvalue weighted by molar-refractivity contribution is -0.150. The van der Waals surface area contributed by atoms with Gasteiger partial charge in [-0.25, -0.2) is 14.1 Å². The molecule has 1 N–H and O–H groups in total. The monoisotopic (exact) mass is 414 g/mol. The maximum Gasteiger partial charge on any atom is 0.606 e. The molecule has 152 valence electrons. The molecule has 0 amide bonds. The van der Waals surface area contributed by atoms with Crippen LogP contribution in [0.5, 0.6) is 5.75 Å². The summed E-state index contributed by atoms with van der Waals surface area (Å²) in [6.07, 6.45) is -0.284. The molecule has 0 aliphatic rings. The van der Waals surface area contributed by atoms with E-state index in [9.17, 15) is 18.1 Å². The van der Waals surface area contributed by atoms with Crippen molar-refractivity contribution in [2.24, 2.45) is 0 Å². The average molecular weight is 414 g/mol. The first kappa shape index (κ1) is 22.1. The molecule has 0 aliphatic heterocycles. The second kappa shape index (κ2) is 9.37. The molecular formula is C19H23F2NO5P+. The van der Waals surface area contributed by atoms with Crippen LogP contribution < -0.4 is 9.84 Å². The smallest absolute Gasteiger partial charge is 0.462 e. The van der Waals surface area contributed by atoms with Crippen molar-refractivity contribution in [1.29, 1.82) is 0 Å². The van der Waals surface area contributed by atoms with E-state index in [2.05, 4.69) is 5.32 Å². The molecular weight excluding hydrogens is 391 g/mol. The van der Waals surface area contributed by atoms with Gasteiger partial charge in [-0.1, -0.05) is 6.07 Å². The normalized spacial score (nSPS) is 14.1. The number of ether oxygens (including phenoxy) is 2. The molecule has 0 spiro atoms. The highest BCUT2D eigenvalue weighted by Gasteiger charge is 2.37. The van der Waals surface area contributed by atoms with Crippen LogP contribution in [0.1, 0.15) is 26.3 Å². The molecule has 28 heavy (non-hydrogen) atoms. The predicted molar refractivity (Wildman–Crippen MR) is 101 cm³/mol. The summed E-state index contributed by atoms with van der Waals surface area (Å²) in [5, 5.41) is 3.29. The van der Waals surface area contributed by atoms with Crippen LogP contribution in [-0.4, -0.2) is 31.2 Å². The Kier molecular flexibility index (Phi) is 7.41. The fourth-order valence-electron chi connectivity index (χ4n) is 2.60. The summed E-state index contributed by atoms with van der Waals surface area (Å²) < 4.78 is 55.6. The molecule has 0 heterocycles. The Morgan fingerprint density at radius 3 is 2.46 bits per heavy atom. The molecule has 0 aliphatic carbocycles. The van der Waals surface area contributed by atoms with Crippen molar-refractivity contribution in [2.45, 2.75) is 45.8 Å². The molecule has 0 saturated heterocycles. The van der Waals surface area contributed by atoms with E-state index in [-0.39, 0.29) is 17.2 Å². The predicted octanol–water partition coefficient (Wildman–Crippen LogP) is 4.41. The highest BCUT2D eigenvalue weighted by Crippen LogP contribution is 2.35. The van der Waals surface area contributed by atoms with E-state index in [0.29, 0.717) is 10.9 Å². The topological polar surface area (TPSA) is 73.9 Å². The quantitative estimate of drug-likeness (QED) is 0.392. The third kappa shape index (κ3) is 5.22. The number of halogens is 2. The molecule has 2 aromatic carbocycles. The summed E-state index contributed by atoms with van der Waals surface area (Å²) in [5.41, 5.74) is 0.434. The van der Waals surface area contributed by atoms with Crippen molar-refractivity contribution < 1.29 is 32.1 Å². The van der Waals surface area contributed by atoms with Gasteiger partial charge >= 0.3 is 20.0 Å². The molecule has 0 saturated carbocycles. The minimum Gasteiger partial charge on any atom is -0.462 e. The fourth-order valence-corrected chi connectivity index (χ4v) is 3.53. The van der Waals surface area contributed by atoms with Crippen molar-refractivity contribution in [3.8, 4) is 5.75 Å². The van der Waals surface area contributed by atoms with Crippen molar-refractivity contribution in [3.63, 3.8) is 0 Å². The number of carbonyl (C=O) groups excluding carboxylic acids is 1. The number of benzene rings is 2. The van der Waals surface area contributed by atoms with Crippen LogP contribution in [0.15, 0.2) is 24.3 Å². The van der Waals surface area contributed by atoms with Gasteiger partial charge in [0.1, 0.15) is 6.04 Å². The SMILES string of the molecule is COC(N[C@@H](C)C(=O)OC(C)C)[P+](=O)Oc1cc(C)c2c(F)c(F)ccc2c1. The van der Waals surface area contributed by atoms with E-state index in [1.807, 2.05) is 0 Å². The molecule has 0 bridgehead atoms. The Balaban J connectivity index is 2.16. The maximum atomic E-state index is 14.0. The summed E-state index contributed by atoms with van der Waals surface area (Å²) in [6.45, 7) is 6.59. The van der Waals surface area contributed by atoms with Crippen molar-refractivity contribution >= 4 is 24.8 Å². The lowest BCUT2D eigenvalue weighted by Gasteiger charge is -2.16. The molecule has 2 unspecified atom stereocenters. The van der Waals surface area contributed by atoms with Crippen LogP contribution in [0.3, 0.4) is 0 Å². The van der Waals surface area contributed by atoms with E-state index in [0.717, 1.165) is 6.07 Å². The van der Waals surface area contributed by atoms with Gasteiger partial charge in [0.05, 0.1) is 6.10 Å². The number of carbonyl (C=O) groups is 1. The number of aryl methyl sites for hydroxylation is 1. The summed E-state index contributed by atoms with van der Waals surface area (Å²) >= 11 is 0. The van der Waals surface area contributed by atoms with Crippen LogP contribution in [0.25, 0.3) is 10.8 Å². The zero-order valence-corrected chi connectivity index (χ0v) is 17.2. The molecule has 2 rings (SSSR count). The maximum absolute atomic E-state index is 14.0. The van der Waals surface area contributed by atoms with Gasteiger partial charge in [0.15, 0.2) is 17.4 Å². The largest absolute Gasteiger partial charge is 0.606 e. The van der Waals surface area contributed by atoms with Crippen molar-refractivity contribution in [1.82, 2.24) is 5.32 Å². The van der Waals surface area contributed by atoms with Crippen LogP contribution >= 0.6 is 8.03 Å². The second-order valence-corrected chi connectivity index (χ2v) is 7.76. The van der Waals surface area contributed by atoms with Gasteiger partial charge in [-0.3, -0.25) is 9.32 Å². The lowest BCUT2D eigenvalue weighted by Crippen LogP contribution is -2.42. The first-order valence-electron chi connectivity index (χ1n) is 8.66. The van der Waals surface area contributed by atoms with E-state index < -0.39 is 37.6 Å². The number of nitrogens with one attached hydrogen (secondary N) is 1. The Morgan fingerprint density at radius 1 is 1.18 bits per heavy atom. The molecule has 3 atom stereocenters. The number of hydrogen-bond acceptors (Lipinski definition) is 6. The number of esters is 1. The van der Waals surface area contributed by atoms with Crippen molar-refractivity contribution in [2.75, 3.05) is 7.11 Å². The van der Waals surface area contributed by atoms with Crippen LogP contribution in [-0.2, 0) is 18.8 Å². The third-order valence-corrected chi connectivity index (χ3v) is 5.02. The number of rotatable bonds is 8. The van der Waals surface area contributed by atoms with Gasteiger partial charge < -0.3 is 9.47 Å². The van der Waals surface area contributed by atoms with Crippen LogP contribution in [0.2, 0.25) is 0 Å². The van der Waals surface area contributed by atoms with Gasteiger partial charge in [-0.05, 0) is 61.4 Å². The summed E-state index contributed by atoms with van der Waals surface area (Å²) in [7, 11) is -1.12. The Morgan fingerprint density at radius 2 is 1.86 bits per heavy atom. The van der Waals surface area contributed by atoms with E-state index >= 15 is 0 Å². The van der Waals surface area contributed by atoms with Gasteiger partial charge in [-0.2, -0.15) is 0 Å². The summed E-state index contributed by atoms with van der Waals surface area (Å²) in [5.74, 6) is -3.27. The molecule has 0 aromatic heterocycles. The lowest BCUT2D eigenvalue weighted by atomic mass is 10.0. The van der Waals surface area contributed by atoms with E-state index in [1.165, 1.54) is 25.3 Å². The molecule has 0 fully saturated rings. The first-order chi connectivity index (χ1) is 13.1. The Hall–Kier alpha value is -2.15. The summed E-state index contributed by atoms with van der Waals surface area (Å²) in [4.78, 5) is 11.9. The zero-order chi connectivity index (χ0) is 21.0. The van der Waals surface area contributed by atoms with Gasteiger partial charge in [0, 0.05) is 12.5 Å². The zero-order valence-electron chi connectivity index (χ0n) is 16.3. The van der Waals surface area contributed by atoms with Gasteiger partial charge in [0.25, 0.3) is 0 Å². The highest BCUT2D eigenvalue weighted by atomic mass is 31.1. The number of fused-ring (bicyclic) bond motifs is 1. The minimum atomic E-state index is -2.44. The van der Waals surface area contributed by atoms with Gasteiger partial charge in [-0.15, -0.1) is 0 Å².